The fourth-order valence-corrected chi connectivity index (χ4v) is 3.92. The lowest BCUT2D eigenvalue weighted by atomic mass is 9.75. The molecule has 0 aromatic heterocycles. The Morgan fingerprint density at radius 2 is 1.90 bits per heavy atom. The summed E-state index contributed by atoms with van der Waals surface area (Å²) in [6, 6.07) is 9.87. The van der Waals surface area contributed by atoms with Gasteiger partial charge in [0, 0.05) is 6.54 Å². The molecule has 1 aromatic rings. The van der Waals surface area contributed by atoms with Gasteiger partial charge in [0.1, 0.15) is 5.60 Å². The van der Waals surface area contributed by atoms with Crippen molar-refractivity contribution in [3.05, 3.63) is 78.3 Å². The van der Waals surface area contributed by atoms with Gasteiger partial charge in [0.05, 0.1) is 11.8 Å². The minimum absolute atomic E-state index is 0.0101. The molecule has 4 rings (SSSR count). The van der Waals surface area contributed by atoms with E-state index in [1.54, 1.807) is 0 Å². The van der Waals surface area contributed by atoms with Crippen LogP contribution in [-0.4, -0.2) is 36.7 Å². The van der Waals surface area contributed by atoms with Gasteiger partial charge in [0.25, 0.3) is 0 Å². The molecule has 1 aliphatic heterocycles. The molecule has 5 heteroatoms. The molecule has 1 N–H and O–H groups in total. The number of allylic oxidation sites excluding steroid dienone is 2. The maximum Gasteiger partial charge on any atom is 0.315 e. The summed E-state index contributed by atoms with van der Waals surface area (Å²) in [5, 5.41) is 3.22. The van der Waals surface area contributed by atoms with E-state index < -0.39 is 11.0 Å². The van der Waals surface area contributed by atoms with Gasteiger partial charge in [-0.2, -0.15) is 0 Å². The SMILES string of the molecule is C[C@H]1CNC[C@@]1(CC(=O)OC(C)(C)C)C(=O)OC1C2=CC=CC1=C2.[CH2]c1ccccc1. The Balaban J connectivity index is 0.000000330. The van der Waals surface area contributed by atoms with E-state index >= 15 is 0 Å². The number of rotatable bonds is 4. The van der Waals surface area contributed by atoms with Crippen LogP contribution in [0, 0.1) is 18.3 Å². The van der Waals surface area contributed by atoms with Gasteiger partial charge in [-0.15, -0.1) is 0 Å². The Bertz CT molecular complexity index is 895. The maximum atomic E-state index is 13.0. The molecule has 0 saturated carbocycles. The van der Waals surface area contributed by atoms with Gasteiger partial charge < -0.3 is 14.8 Å². The summed E-state index contributed by atoms with van der Waals surface area (Å²) in [5.41, 5.74) is 1.65. The molecule has 1 unspecified atom stereocenters. The van der Waals surface area contributed by atoms with Gasteiger partial charge in [0.2, 0.25) is 0 Å². The van der Waals surface area contributed by atoms with E-state index in [4.69, 9.17) is 9.47 Å². The summed E-state index contributed by atoms with van der Waals surface area (Å²) in [6.07, 6.45) is 7.60. The third kappa shape index (κ3) is 5.53. The molecular formula is C26H32NO4. The van der Waals surface area contributed by atoms with Gasteiger partial charge in [-0.1, -0.05) is 55.5 Å². The van der Waals surface area contributed by atoms with Crippen molar-refractivity contribution < 1.29 is 19.1 Å². The van der Waals surface area contributed by atoms with Crippen molar-refractivity contribution in [2.75, 3.05) is 13.1 Å². The molecule has 0 amide bonds. The van der Waals surface area contributed by atoms with Gasteiger partial charge in [-0.05, 0) is 62.9 Å². The summed E-state index contributed by atoms with van der Waals surface area (Å²) >= 11 is 0. The first kappa shape index (κ1) is 23.0. The van der Waals surface area contributed by atoms with Crippen LogP contribution in [0.4, 0.5) is 0 Å². The average molecular weight is 423 g/mol. The zero-order valence-corrected chi connectivity index (χ0v) is 18.8. The van der Waals surface area contributed by atoms with Gasteiger partial charge >= 0.3 is 11.9 Å². The van der Waals surface area contributed by atoms with E-state index in [0.717, 1.165) is 16.7 Å². The first-order valence-corrected chi connectivity index (χ1v) is 10.7. The van der Waals surface area contributed by atoms with E-state index in [9.17, 15) is 9.59 Å². The fourth-order valence-electron chi connectivity index (χ4n) is 3.92. The highest BCUT2D eigenvalue weighted by atomic mass is 16.6. The Labute approximate surface area is 185 Å². The van der Waals surface area contributed by atoms with Crippen LogP contribution >= 0.6 is 0 Å². The number of nitrogens with one attached hydrogen (secondary N) is 1. The minimum atomic E-state index is -0.864. The van der Waals surface area contributed by atoms with E-state index in [1.165, 1.54) is 0 Å². The Kier molecular flexibility index (Phi) is 6.85. The van der Waals surface area contributed by atoms with Crippen molar-refractivity contribution in [2.24, 2.45) is 11.3 Å². The first-order valence-electron chi connectivity index (χ1n) is 10.7. The van der Waals surface area contributed by atoms with Gasteiger partial charge in [0.15, 0.2) is 6.10 Å². The van der Waals surface area contributed by atoms with Gasteiger partial charge in [-0.3, -0.25) is 9.59 Å². The zero-order chi connectivity index (χ0) is 22.6. The fraction of sp³-hybridized carbons (Fsp3) is 0.423. The second-order valence-corrected chi connectivity index (χ2v) is 9.39. The smallest absolute Gasteiger partial charge is 0.315 e. The van der Waals surface area contributed by atoms with E-state index in [-0.39, 0.29) is 30.4 Å². The Hall–Kier alpha value is -2.66. The normalized spacial score (nSPS) is 26.0. The largest absolute Gasteiger partial charge is 0.460 e. The van der Waals surface area contributed by atoms with Crippen molar-refractivity contribution in [1.29, 1.82) is 0 Å². The lowest BCUT2D eigenvalue weighted by Gasteiger charge is -2.36. The summed E-state index contributed by atoms with van der Waals surface area (Å²) in [5.74, 6) is -0.666. The quantitative estimate of drug-likeness (QED) is 0.738. The summed E-state index contributed by atoms with van der Waals surface area (Å²) in [7, 11) is 0. The predicted octanol–water partition coefficient (Wildman–Crippen LogP) is 4.16. The third-order valence-electron chi connectivity index (χ3n) is 5.70. The molecule has 31 heavy (non-hydrogen) atoms. The van der Waals surface area contributed by atoms with E-state index in [1.807, 2.05) is 82.3 Å². The summed E-state index contributed by atoms with van der Waals surface area (Å²) in [4.78, 5) is 25.3. The lowest BCUT2D eigenvalue weighted by Crippen LogP contribution is -2.45. The van der Waals surface area contributed by atoms with Crippen LogP contribution in [0.2, 0.25) is 0 Å². The highest BCUT2D eigenvalue weighted by Gasteiger charge is 2.51. The molecule has 165 valence electrons. The molecule has 3 atom stereocenters. The predicted molar refractivity (Wildman–Crippen MR) is 121 cm³/mol. The van der Waals surface area contributed by atoms with Crippen LogP contribution in [0.1, 0.15) is 39.7 Å². The topological polar surface area (TPSA) is 64.6 Å². The molecule has 1 saturated heterocycles. The number of hydrogen-bond acceptors (Lipinski definition) is 5. The second-order valence-electron chi connectivity index (χ2n) is 9.39. The number of esters is 2. The number of carbonyl (C=O) groups is 2. The van der Waals surface area contributed by atoms with E-state index in [2.05, 4.69) is 12.2 Å². The Morgan fingerprint density at radius 1 is 1.19 bits per heavy atom. The van der Waals surface area contributed by atoms with Crippen LogP contribution in [0.5, 0.6) is 0 Å². The molecule has 0 spiro atoms. The molecule has 1 fully saturated rings. The van der Waals surface area contributed by atoms with Crippen LogP contribution in [-0.2, 0) is 19.1 Å². The number of carbonyl (C=O) groups excluding carboxylic acids is 2. The number of hydrogen-bond donors (Lipinski definition) is 1. The molecule has 1 heterocycles. The van der Waals surface area contributed by atoms with Gasteiger partial charge in [-0.25, -0.2) is 0 Å². The molecule has 3 aliphatic rings. The molecule has 2 aliphatic carbocycles. The summed E-state index contributed by atoms with van der Waals surface area (Å²) in [6.45, 7) is 12.3. The second kappa shape index (κ2) is 9.23. The zero-order valence-electron chi connectivity index (χ0n) is 18.8. The monoisotopic (exact) mass is 422 g/mol. The maximum absolute atomic E-state index is 13.0. The van der Waals surface area contributed by atoms with Crippen LogP contribution in [0.15, 0.2) is 65.8 Å². The van der Waals surface area contributed by atoms with Crippen LogP contribution in [0.25, 0.3) is 0 Å². The molecule has 1 aromatic carbocycles. The highest BCUT2D eigenvalue weighted by molar-refractivity contribution is 5.85. The third-order valence-corrected chi connectivity index (χ3v) is 5.70. The minimum Gasteiger partial charge on any atom is -0.460 e. The molecular weight excluding hydrogens is 390 g/mol. The van der Waals surface area contributed by atoms with Crippen molar-refractivity contribution >= 4 is 11.9 Å². The summed E-state index contributed by atoms with van der Waals surface area (Å²) < 4.78 is 11.2. The van der Waals surface area contributed by atoms with Crippen molar-refractivity contribution in [1.82, 2.24) is 5.32 Å². The molecule has 5 nitrogen and oxygen atoms in total. The number of ether oxygens (including phenoxy) is 2. The molecule has 2 bridgehead atoms. The van der Waals surface area contributed by atoms with E-state index in [0.29, 0.717) is 13.1 Å². The molecule has 1 radical (unpaired) electrons. The van der Waals surface area contributed by atoms with Crippen molar-refractivity contribution in [3.63, 3.8) is 0 Å². The standard InChI is InChI=1S/C19H25NO4.C7H7/c1-12-10-20-11-19(12,9-15(21)24-18(2,3)4)17(22)23-16-13-6-5-7-14(16)8-13;1-7-5-3-2-4-6-7/h5-8,12,16,20H,9-11H2,1-4H3;2-6H,1H2/t12-,19+;/m0./s1. The van der Waals surface area contributed by atoms with Crippen molar-refractivity contribution in [3.8, 4) is 0 Å². The first-order chi connectivity index (χ1) is 14.6. The lowest BCUT2D eigenvalue weighted by molar-refractivity contribution is -0.170. The Morgan fingerprint density at radius 3 is 2.35 bits per heavy atom. The average Bonchev–Trinajstić information content (AvgIpc) is 3.07. The van der Waals surface area contributed by atoms with Crippen LogP contribution in [0.3, 0.4) is 0 Å². The van der Waals surface area contributed by atoms with Crippen LogP contribution < -0.4 is 5.32 Å². The number of fused-ring (bicyclic) bond motifs is 2. The highest BCUT2D eigenvalue weighted by Crippen LogP contribution is 2.41. The van der Waals surface area contributed by atoms with Crippen molar-refractivity contribution in [2.45, 2.75) is 45.8 Å². The number of benzene rings is 1.